The second-order valence-electron chi connectivity index (χ2n) is 3.74. The van der Waals surface area contributed by atoms with Crippen LogP contribution in [0.15, 0.2) is 0 Å². The Bertz CT molecular complexity index is 285. The quantitative estimate of drug-likeness (QED) is 0.284. The Morgan fingerprint density at radius 2 is 1.24 bits per heavy atom. The van der Waals surface area contributed by atoms with E-state index in [1.165, 1.54) is 6.92 Å². The fourth-order valence-electron chi connectivity index (χ4n) is 1.03. The van der Waals surface area contributed by atoms with Crippen LogP contribution in [0.2, 0.25) is 0 Å². The number of nitrogens with two attached hydrogens (primary N) is 1. The summed E-state index contributed by atoms with van der Waals surface area (Å²) in [5.41, 5.74) is 5.37. The van der Waals surface area contributed by atoms with Gasteiger partial charge in [0.05, 0.1) is 0 Å². The third-order valence-electron chi connectivity index (χ3n) is 1.87. The summed E-state index contributed by atoms with van der Waals surface area (Å²) < 4.78 is 0. The van der Waals surface area contributed by atoms with Crippen molar-refractivity contribution in [1.82, 2.24) is 16.0 Å². The number of hydrogen-bond donors (Lipinski definition) is 4. The molecule has 0 aromatic rings. The lowest BCUT2D eigenvalue weighted by Gasteiger charge is -2.07. The number of urea groups is 1. The molecule has 0 heterocycles. The minimum absolute atomic E-state index is 0.00136. The summed E-state index contributed by atoms with van der Waals surface area (Å²) in [6, 6.07) is -0.122. The first-order valence-electron chi connectivity index (χ1n) is 6.62. The SMILES string of the molecule is CC(=O)NCCSSCCNC(=O)NCCSSCCN. The first kappa shape index (κ1) is 21.1. The predicted molar refractivity (Wildman–Crippen MR) is 99.0 cm³/mol. The van der Waals surface area contributed by atoms with Gasteiger partial charge in [-0.05, 0) is 0 Å². The van der Waals surface area contributed by atoms with E-state index in [1.807, 2.05) is 0 Å². The van der Waals surface area contributed by atoms with Gasteiger partial charge in [0.25, 0.3) is 0 Å². The monoisotopic (exact) mass is 372 g/mol. The lowest BCUT2D eigenvalue weighted by molar-refractivity contribution is -0.118. The predicted octanol–water partition coefficient (Wildman–Crippen LogP) is 1.14. The molecule has 6 nitrogen and oxygen atoms in total. The van der Waals surface area contributed by atoms with E-state index in [-0.39, 0.29) is 11.9 Å². The van der Waals surface area contributed by atoms with Gasteiger partial charge in [0.15, 0.2) is 0 Å². The summed E-state index contributed by atoms with van der Waals surface area (Å²) in [5, 5.41) is 8.34. The Morgan fingerprint density at radius 1 is 0.810 bits per heavy atom. The van der Waals surface area contributed by atoms with Crippen LogP contribution in [0.5, 0.6) is 0 Å². The van der Waals surface area contributed by atoms with E-state index in [2.05, 4.69) is 16.0 Å². The average molecular weight is 373 g/mol. The smallest absolute Gasteiger partial charge is 0.314 e. The highest BCUT2D eigenvalue weighted by Gasteiger charge is 1.99. The molecule has 21 heavy (non-hydrogen) atoms. The second kappa shape index (κ2) is 16.5. The first-order valence-corrected chi connectivity index (χ1v) is 11.6. The topological polar surface area (TPSA) is 96.2 Å². The highest BCUT2D eigenvalue weighted by molar-refractivity contribution is 8.77. The summed E-state index contributed by atoms with van der Waals surface area (Å²) >= 11 is 0. The van der Waals surface area contributed by atoms with Crippen LogP contribution < -0.4 is 21.7 Å². The number of rotatable bonds is 13. The van der Waals surface area contributed by atoms with Crippen LogP contribution >= 0.6 is 43.2 Å². The van der Waals surface area contributed by atoms with Crippen molar-refractivity contribution in [2.45, 2.75) is 6.92 Å². The molecule has 0 aliphatic carbocycles. The Morgan fingerprint density at radius 3 is 1.67 bits per heavy atom. The zero-order chi connectivity index (χ0) is 15.8. The standard InChI is InChI=1S/C11H24N4O2S4/c1-10(16)13-3-7-20-21-9-5-15-11(17)14-4-8-19-18-6-2-12/h2-9,12H2,1H3,(H,13,16)(H2,14,15,17). The van der Waals surface area contributed by atoms with Gasteiger partial charge in [-0.1, -0.05) is 43.2 Å². The van der Waals surface area contributed by atoms with Gasteiger partial charge in [-0.15, -0.1) is 0 Å². The van der Waals surface area contributed by atoms with E-state index in [1.54, 1.807) is 43.2 Å². The molecule has 0 bridgehead atoms. The van der Waals surface area contributed by atoms with Crippen LogP contribution in [0.25, 0.3) is 0 Å². The Labute approximate surface area is 142 Å². The molecule has 0 aliphatic heterocycles. The zero-order valence-electron chi connectivity index (χ0n) is 12.2. The molecule has 0 radical (unpaired) electrons. The first-order chi connectivity index (χ1) is 10.2. The number of carbonyl (C=O) groups excluding carboxylic acids is 2. The summed E-state index contributed by atoms with van der Waals surface area (Å²) in [7, 11) is 6.82. The highest BCUT2D eigenvalue weighted by Crippen LogP contribution is 2.19. The Hall–Kier alpha value is 0.1000. The van der Waals surface area contributed by atoms with E-state index in [0.717, 1.165) is 23.0 Å². The Kier molecular flexibility index (Phi) is 16.5. The molecule has 0 atom stereocenters. The molecule has 0 saturated carbocycles. The van der Waals surface area contributed by atoms with Gasteiger partial charge in [-0.2, -0.15) is 0 Å². The molecule has 0 rings (SSSR count). The molecule has 0 spiro atoms. The number of carbonyl (C=O) groups is 2. The van der Waals surface area contributed by atoms with Crippen molar-refractivity contribution in [3.63, 3.8) is 0 Å². The van der Waals surface area contributed by atoms with Gasteiger partial charge in [0, 0.05) is 56.1 Å². The molecular weight excluding hydrogens is 348 g/mol. The van der Waals surface area contributed by atoms with E-state index < -0.39 is 0 Å². The van der Waals surface area contributed by atoms with Gasteiger partial charge >= 0.3 is 6.03 Å². The summed E-state index contributed by atoms with van der Waals surface area (Å²) in [4.78, 5) is 22.0. The maximum Gasteiger partial charge on any atom is 0.314 e. The van der Waals surface area contributed by atoms with Gasteiger partial charge < -0.3 is 21.7 Å². The molecule has 10 heteroatoms. The van der Waals surface area contributed by atoms with E-state index in [4.69, 9.17) is 5.73 Å². The third kappa shape index (κ3) is 18.1. The lowest BCUT2D eigenvalue weighted by Crippen LogP contribution is -2.37. The second-order valence-corrected chi connectivity index (χ2v) is 9.15. The van der Waals surface area contributed by atoms with Crippen LogP contribution in [-0.2, 0) is 4.79 Å². The van der Waals surface area contributed by atoms with Gasteiger partial charge in [0.2, 0.25) is 5.91 Å². The molecular formula is C11H24N4O2S4. The largest absolute Gasteiger partial charge is 0.355 e. The van der Waals surface area contributed by atoms with E-state index >= 15 is 0 Å². The minimum atomic E-state index is -0.122. The van der Waals surface area contributed by atoms with Crippen molar-refractivity contribution in [2.24, 2.45) is 5.73 Å². The molecule has 0 aromatic heterocycles. The van der Waals surface area contributed by atoms with Crippen molar-refractivity contribution in [3.8, 4) is 0 Å². The molecule has 3 amide bonds. The maximum absolute atomic E-state index is 11.4. The van der Waals surface area contributed by atoms with Crippen molar-refractivity contribution >= 4 is 55.1 Å². The van der Waals surface area contributed by atoms with Crippen LogP contribution in [0, 0.1) is 0 Å². The number of nitrogens with one attached hydrogen (secondary N) is 3. The molecule has 0 unspecified atom stereocenters. The summed E-state index contributed by atoms with van der Waals surface area (Å²) in [5.74, 6) is 3.53. The molecule has 0 fully saturated rings. The van der Waals surface area contributed by atoms with Crippen molar-refractivity contribution < 1.29 is 9.59 Å². The molecule has 124 valence electrons. The van der Waals surface area contributed by atoms with E-state index in [9.17, 15) is 9.59 Å². The number of amides is 3. The normalized spacial score (nSPS) is 10.2. The highest BCUT2D eigenvalue weighted by atomic mass is 33.1. The Balaban J connectivity index is 3.17. The molecule has 0 aliphatic rings. The minimum Gasteiger partial charge on any atom is -0.355 e. The molecule has 5 N–H and O–H groups in total. The third-order valence-corrected chi connectivity index (χ3v) is 6.72. The van der Waals surface area contributed by atoms with E-state index in [0.29, 0.717) is 26.2 Å². The fourth-order valence-corrected chi connectivity index (χ4v) is 4.60. The average Bonchev–Trinajstić information content (AvgIpc) is 2.45. The van der Waals surface area contributed by atoms with Crippen LogP contribution in [0.1, 0.15) is 6.92 Å². The fraction of sp³-hybridized carbons (Fsp3) is 0.818. The van der Waals surface area contributed by atoms with Crippen LogP contribution in [0.4, 0.5) is 4.79 Å². The van der Waals surface area contributed by atoms with Gasteiger partial charge in [-0.25, -0.2) is 4.79 Å². The van der Waals surface area contributed by atoms with Crippen molar-refractivity contribution in [2.75, 3.05) is 49.2 Å². The molecule has 0 aromatic carbocycles. The summed E-state index contributed by atoms with van der Waals surface area (Å²) in [6.45, 7) is 4.17. The number of hydrogen-bond acceptors (Lipinski definition) is 7. The summed E-state index contributed by atoms with van der Waals surface area (Å²) in [6.07, 6.45) is 0. The van der Waals surface area contributed by atoms with Gasteiger partial charge in [-0.3, -0.25) is 4.79 Å². The zero-order valence-corrected chi connectivity index (χ0v) is 15.4. The van der Waals surface area contributed by atoms with Crippen molar-refractivity contribution in [1.29, 1.82) is 0 Å². The van der Waals surface area contributed by atoms with Gasteiger partial charge in [0.1, 0.15) is 0 Å². The van der Waals surface area contributed by atoms with Crippen LogP contribution in [-0.4, -0.2) is 61.1 Å². The van der Waals surface area contributed by atoms with Crippen LogP contribution in [0.3, 0.4) is 0 Å². The lowest BCUT2D eigenvalue weighted by atomic mass is 10.6. The van der Waals surface area contributed by atoms with Crippen molar-refractivity contribution in [3.05, 3.63) is 0 Å². The molecule has 0 saturated heterocycles. The maximum atomic E-state index is 11.4.